The summed E-state index contributed by atoms with van der Waals surface area (Å²) >= 11 is 4.14. The summed E-state index contributed by atoms with van der Waals surface area (Å²) in [6.45, 7) is 5.90. The molecule has 0 aliphatic heterocycles. The van der Waals surface area contributed by atoms with Crippen LogP contribution in [0.4, 0.5) is 0 Å². The number of hydrogen-bond donors (Lipinski definition) is 5. The number of halogens is 1. The lowest BCUT2D eigenvalue weighted by atomic mass is 10.3. The molecule has 0 heterocycles. The summed E-state index contributed by atoms with van der Waals surface area (Å²) in [7, 11) is 0. The molecule has 0 aromatic carbocycles. The highest BCUT2D eigenvalue weighted by Gasteiger charge is 1.89. The van der Waals surface area contributed by atoms with Gasteiger partial charge in [0.25, 0.3) is 0 Å². The monoisotopic (exact) mass is 253 g/mol. The summed E-state index contributed by atoms with van der Waals surface area (Å²) in [5.41, 5.74) is 10.8. The van der Waals surface area contributed by atoms with Crippen molar-refractivity contribution in [3.63, 3.8) is 0 Å². The van der Waals surface area contributed by atoms with Gasteiger partial charge in [-0.3, -0.25) is 0 Å². The minimum absolute atomic E-state index is 0.785. The highest BCUT2D eigenvalue weighted by molar-refractivity contribution is 6.11. The van der Waals surface area contributed by atoms with E-state index in [4.69, 9.17) is 11.5 Å². The Kier molecular flexibility index (Phi) is 23.6. The summed E-state index contributed by atoms with van der Waals surface area (Å²) in [4.78, 5) is 0. The van der Waals surface area contributed by atoms with Gasteiger partial charge in [0.2, 0.25) is 0 Å². The molecule has 0 aromatic heterocycles. The number of nitrogens with one attached hydrogen (secondary N) is 2. The molecule has 0 spiro atoms. The van der Waals surface area contributed by atoms with Crippen LogP contribution >= 0.6 is 11.8 Å². The number of hydrogen-bond acceptors (Lipinski definition) is 5. The molecular formula is C10H28ClN5. The third-order valence-electron chi connectivity index (χ3n) is 2.07. The quantitative estimate of drug-likeness (QED) is 0.258. The van der Waals surface area contributed by atoms with Crippen LogP contribution in [0.5, 0.6) is 0 Å². The summed E-state index contributed by atoms with van der Waals surface area (Å²) in [5.74, 6) is 0. The molecule has 0 amide bonds. The van der Waals surface area contributed by atoms with Crippen molar-refractivity contribution in [3.05, 3.63) is 0 Å². The van der Waals surface area contributed by atoms with E-state index in [0.29, 0.717) is 0 Å². The third kappa shape index (κ3) is 19.6. The molecule has 0 bridgehead atoms. The van der Waals surface area contributed by atoms with Crippen molar-refractivity contribution in [2.24, 2.45) is 16.7 Å². The maximum absolute atomic E-state index is 5.38. The van der Waals surface area contributed by atoms with Gasteiger partial charge in [-0.2, -0.15) is 0 Å². The Balaban J connectivity index is 0. The summed E-state index contributed by atoms with van der Waals surface area (Å²) < 4.78 is 0. The fourth-order valence-electron chi connectivity index (χ4n) is 1.20. The average Bonchev–Trinajstić information content (AvgIpc) is 2.34. The lowest BCUT2D eigenvalue weighted by molar-refractivity contribution is 0.570. The van der Waals surface area contributed by atoms with Crippen LogP contribution in [0.25, 0.3) is 0 Å². The van der Waals surface area contributed by atoms with Gasteiger partial charge in [-0.1, -0.05) is 0 Å². The summed E-state index contributed by atoms with van der Waals surface area (Å²) in [5, 5.41) is 10.7. The van der Waals surface area contributed by atoms with Gasteiger partial charge in [0, 0.05) is 0 Å². The highest BCUT2D eigenvalue weighted by Crippen LogP contribution is 1.84. The van der Waals surface area contributed by atoms with E-state index < -0.39 is 0 Å². The maximum Gasteiger partial charge on any atom is -0.00369 e. The van der Waals surface area contributed by atoms with Gasteiger partial charge < -0.3 is 22.1 Å². The third-order valence-corrected chi connectivity index (χ3v) is 2.07. The van der Waals surface area contributed by atoms with E-state index in [0.717, 1.165) is 52.1 Å². The Labute approximate surface area is 105 Å². The van der Waals surface area contributed by atoms with Crippen LogP contribution in [0.1, 0.15) is 25.7 Å². The van der Waals surface area contributed by atoms with Gasteiger partial charge in [-0.15, -0.1) is 0 Å². The Morgan fingerprint density at radius 3 is 1.25 bits per heavy atom. The smallest absolute Gasteiger partial charge is 0.00369 e. The van der Waals surface area contributed by atoms with Gasteiger partial charge in [0.1, 0.15) is 0 Å². The second-order valence-electron chi connectivity index (χ2n) is 3.49. The van der Waals surface area contributed by atoms with Crippen LogP contribution in [-0.2, 0) is 0 Å². The van der Waals surface area contributed by atoms with E-state index in [9.17, 15) is 0 Å². The van der Waals surface area contributed by atoms with Crippen LogP contribution < -0.4 is 27.4 Å². The van der Waals surface area contributed by atoms with Crippen molar-refractivity contribution < 1.29 is 0 Å². The van der Waals surface area contributed by atoms with E-state index in [2.05, 4.69) is 27.7 Å². The van der Waals surface area contributed by atoms with Crippen LogP contribution in [0.2, 0.25) is 0 Å². The molecule has 5 nitrogen and oxygen atoms in total. The van der Waals surface area contributed by atoms with Crippen LogP contribution in [0, 0.1) is 0 Å². The summed E-state index contributed by atoms with van der Waals surface area (Å²) in [6.07, 6.45) is 4.63. The fourth-order valence-corrected chi connectivity index (χ4v) is 1.20. The summed E-state index contributed by atoms with van der Waals surface area (Å²) in [6, 6.07) is 0. The minimum Gasteiger partial charge on any atom is -0.330 e. The molecule has 0 aromatic rings. The first-order chi connectivity index (χ1) is 7.91. The van der Waals surface area contributed by atoms with Crippen LogP contribution in [0.15, 0.2) is 0 Å². The molecule has 0 saturated heterocycles. The van der Waals surface area contributed by atoms with E-state index in [1.807, 2.05) is 0 Å². The van der Waals surface area contributed by atoms with E-state index in [-0.39, 0.29) is 0 Å². The Morgan fingerprint density at radius 2 is 0.938 bits per heavy atom. The Hall–Kier alpha value is 0.0900. The van der Waals surface area contributed by atoms with E-state index in [1.54, 1.807) is 0 Å². The predicted octanol–water partition coefficient (Wildman–Crippen LogP) is -0.258. The number of unbranched alkanes of at least 4 members (excludes halogenated alkanes) is 1. The van der Waals surface area contributed by atoms with Crippen molar-refractivity contribution in [2.75, 3.05) is 39.3 Å². The lowest BCUT2D eigenvalue weighted by Gasteiger charge is -2.04. The van der Waals surface area contributed by atoms with Gasteiger partial charge in [0.15, 0.2) is 0 Å². The lowest BCUT2D eigenvalue weighted by Crippen LogP contribution is -2.22. The molecule has 0 unspecified atom stereocenters. The zero-order valence-corrected chi connectivity index (χ0v) is 10.9. The first kappa shape index (κ1) is 18.5. The molecule has 16 heavy (non-hydrogen) atoms. The van der Waals surface area contributed by atoms with Gasteiger partial charge in [-0.05, 0) is 76.7 Å². The molecule has 0 atom stereocenters. The molecule has 8 N–H and O–H groups in total. The first-order valence-electron chi connectivity index (χ1n) is 5.95. The minimum atomic E-state index is 0.785. The molecular weight excluding hydrogens is 226 g/mol. The first-order valence-corrected chi connectivity index (χ1v) is 6.39. The normalized spacial score (nSPS) is 9.75. The van der Waals surface area contributed by atoms with Gasteiger partial charge >= 0.3 is 0 Å². The molecule has 0 aliphatic carbocycles. The largest absolute Gasteiger partial charge is 0.330 e. The van der Waals surface area contributed by atoms with E-state index in [1.165, 1.54) is 12.8 Å². The predicted molar refractivity (Wildman–Crippen MR) is 72.4 cm³/mol. The molecule has 100 valence electrons. The molecule has 0 aliphatic rings. The zero-order chi connectivity index (χ0) is 12.5. The van der Waals surface area contributed by atoms with Gasteiger partial charge in [-0.25, -0.2) is 5.25 Å². The van der Waals surface area contributed by atoms with Crippen molar-refractivity contribution >= 4 is 11.8 Å². The standard InChI is InChI=1S/C10H26N4.ClH2N/c11-5-3-9-13-7-1-2-8-14-10-4-6-12;1-2/h13-14H,1-12H2;2H2. The number of rotatable bonds is 11. The maximum atomic E-state index is 5.38. The molecule has 0 saturated carbocycles. The number of nitrogens with two attached hydrogens (primary N) is 3. The van der Waals surface area contributed by atoms with Crippen molar-refractivity contribution in [3.8, 4) is 0 Å². The van der Waals surface area contributed by atoms with Crippen molar-refractivity contribution in [1.29, 1.82) is 0 Å². The molecule has 0 fully saturated rings. The molecule has 0 rings (SSSR count). The molecule has 0 radical (unpaired) electrons. The van der Waals surface area contributed by atoms with Crippen LogP contribution in [-0.4, -0.2) is 39.3 Å². The van der Waals surface area contributed by atoms with E-state index >= 15 is 0 Å². The second-order valence-corrected chi connectivity index (χ2v) is 3.49. The second kappa shape index (κ2) is 20.5. The topological polar surface area (TPSA) is 102 Å². The highest BCUT2D eigenvalue weighted by atomic mass is 35.5. The van der Waals surface area contributed by atoms with Crippen molar-refractivity contribution in [1.82, 2.24) is 10.6 Å². The SMILES string of the molecule is NCCCNCCCCNCCCN.NCl. The van der Waals surface area contributed by atoms with Gasteiger partial charge in [0.05, 0.1) is 0 Å². The Bertz CT molecular complexity index is 93.2. The Morgan fingerprint density at radius 1 is 0.625 bits per heavy atom. The average molecular weight is 254 g/mol. The fraction of sp³-hybridized carbons (Fsp3) is 1.00. The zero-order valence-electron chi connectivity index (χ0n) is 10.2. The van der Waals surface area contributed by atoms with Crippen LogP contribution in [0.3, 0.4) is 0 Å². The molecule has 6 heteroatoms. The van der Waals surface area contributed by atoms with Crippen molar-refractivity contribution in [2.45, 2.75) is 25.7 Å².